The van der Waals surface area contributed by atoms with Crippen molar-refractivity contribution in [2.24, 2.45) is 0 Å². The molecule has 0 fully saturated rings. The number of ether oxygens (including phenoxy) is 1. The van der Waals surface area contributed by atoms with Crippen molar-refractivity contribution in [2.45, 2.75) is 12.5 Å². The summed E-state index contributed by atoms with van der Waals surface area (Å²) in [6, 6.07) is 17.1. The van der Waals surface area contributed by atoms with E-state index in [-0.39, 0.29) is 18.9 Å². The Balaban J connectivity index is 1.58. The van der Waals surface area contributed by atoms with E-state index >= 15 is 0 Å². The van der Waals surface area contributed by atoms with Crippen LogP contribution in [0.15, 0.2) is 60.0 Å². The van der Waals surface area contributed by atoms with Gasteiger partial charge in [-0.1, -0.05) is 42.5 Å². The zero-order chi connectivity index (χ0) is 19.2. The standard InChI is InChI=1S/C21H22N2O3S/c1-23(13-19(24)15-8-10-18(26-2)11-9-15)20(25)12-17-14-27-21(22-17)16-6-4-3-5-7-16/h3-11,14,19,24H,12-13H2,1-2H3. The number of hydrogen-bond donors (Lipinski definition) is 1. The van der Waals surface area contributed by atoms with Gasteiger partial charge in [-0.3, -0.25) is 4.79 Å². The van der Waals surface area contributed by atoms with Gasteiger partial charge in [0.15, 0.2) is 0 Å². The van der Waals surface area contributed by atoms with Crippen LogP contribution in [0.2, 0.25) is 0 Å². The van der Waals surface area contributed by atoms with E-state index in [0.717, 1.165) is 27.6 Å². The van der Waals surface area contributed by atoms with Gasteiger partial charge >= 0.3 is 0 Å². The number of hydrogen-bond acceptors (Lipinski definition) is 5. The number of aliphatic hydroxyl groups excluding tert-OH is 1. The van der Waals surface area contributed by atoms with Crippen LogP contribution in [0.1, 0.15) is 17.4 Å². The van der Waals surface area contributed by atoms with Gasteiger partial charge in [0.1, 0.15) is 10.8 Å². The number of carbonyl (C=O) groups excluding carboxylic acids is 1. The van der Waals surface area contributed by atoms with E-state index in [2.05, 4.69) is 4.98 Å². The molecule has 0 aliphatic heterocycles. The topological polar surface area (TPSA) is 62.7 Å². The third kappa shape index (κ3) is 4.93. The first kappa shape index (κ1) is 19.1. The van der Waals surface area contributed by atoms with Gasteiger partial charge in [0, 0.05) is 18.0 Å². The van der Waals surface area contributed by atoms with Crippen molar-refractivity contribution in [3.05, 3.63) is 71.2 Å². The number of nitrogens with zero attached hydrogens (tertiary/aromatic N) is 2. The zero-order valence-electron chi connectivity index (χ0n) is 15.3. The summed E-state index contributed by atoms with van der Waals surface area (Å²) in [5.74, 6) is 0.653. The van der Waals surface area contributed by atoms with Crippen LogP contribution in [0.5, 0.6) is 5.75 Å². The minimum atomic E-state index is -0.750. The lowest BCUT2D eigenvalue weighted by Gasteiger charge is -2.21. The largest absolute Gasteiger partial charge is 0.497 e. The number of aromatic nitrogens is 1. The summed E-state index contributed by atoms with van der Waals surface area (Å²) in [6.45, 7) is 0.223. The summed E-state index contributed by atoms with van der Waals surface area (Å²) in [7, 11) is 3.29. The third-order valence-electron chi connectivity index (χ3n) is 4.28. The SMILES string of the molecule is COc1ccc(C(O)CN(C)C(=O)Cc2csc(-c3ccccc3)n2)cc1. The number of methoxy groups -OCH3 is 1. The number of benzene rings is 2. The average Bonchev–Trinajstić information content (AvgIpc) is 3.17. The van der Waals surface area contributed by atoms with Gasteiger partial charge in [-0.25, -0.2) is 4.98 Å². The summed E-state index contributed by atoms with van der Waals surface area (Å²) >= 11 is 1.53. The van der Waals surface area contributed by atoms with Gasteiger partial charge in [-0.15, -0.1) is 11.3 Å². The summed E-state index contributed by atoms with van der Waals surface area (Å²) in [4.78, 5) is 18.6. The van der Waals surface area contributed by atoms with Crippen molar-refractivity contribution in [3.8, 4) is 16.3 Å². The molecule has 1 atom stereocenters. The normalized spacial score (nSPS) is 11.8. The number of likely N-dealkylation sites (N-methyl/N-ethyl adjacent to an activating group) is 1. The fourth-order valence-corrected chi connectivity index (χ4v) is 3.51. The molecule has 0 aliphatic rings. The molecule has 2 aromatic carbocycles. The molecule has 0 bridgehead atoms. The van der Waals surface area contributed by atoms with E-state index in [0.29, 0.717) is 0 Å². The monoisotopic (exact) mass is 382 g/mol. The smallest absolute Gasteiger partial charge is 0.228 e. The molecule has 0 aliphatic carbocycles. The Morgan fingerprint density at radius 2 is 1.89 bits per heavy atom. The molecule has 1 aromatic heterocycles. The van der Waals surface area contributed by atoms with Crippen molar-refractivity contribution < 1.29 is 14.6 Å². The highest BCUT2D eigenvalue weighted by Crippen LogP contribution is 2.24. The zero-order valence-corrected chi connectivity index (χ0v) is 16.1. The summed E-state index contributed by atoms with van der Waals surface area (Å²) in [5.41, 5.74) is 2.54. The maximum Gasteiger partial charge on any atom is 0.228 e. The van der Waals surface area contributed by atoms with E-state index in [1.165, 1.54) is 16.2 Å². The van der Waals surface area contributed by atoms with Crippen molar-refractivity contribution in [3.63, 3.8) is 0 Å². The van der Waals surface area contributed by atoms with Gasteiger partial charge in [-0.2, -0.15) is 0 Å². The highest BCUT2D eigenvalue weighted by atomic mass is 32.1. The van der Waals surface area contributed by atoms with Gasteiger partial charge in [0.05, 0.1) is 31.9 Å². The third-order valence-corrected chi connectivity index (χ3v) is 5.22. The molecule has 3 rings (SSSR count). The van der Waals surface area contributed by atoms with Gasteiger partial charge in [0.2, 0.25) is 5.91 Å². The van der Waals surface area contributed by atoms with Crippen LogP contribution in [-0.4, -0.2) is 41.6 Å². The predicted molar refractivity (Wildman–Crippen MR) is 107 cm³/mol. The second-order valence-electron chi connectivity index (χ2n) is 6.25. The number of carbonyl (C=O) groups is 1. The Hall–Kier alpha value is -2.70. The van der Waals surface area contributed by atoms with E-state index in [1.54, 1.807) is 38.4 Å². The Morgan fingerprint density at radius 1 is 1.19 bits per heavy atom. The average molecular weight is 382 g/mol. The van der Waals surface area contributed by atoms with Crippen molar-refractivity contribution in [2.75, 3.05) is 20.7 Å². The number of rotatable bonds is 7. The minimum absolute atomic E-state index is 0.0764. The van der Waals surface area contributed by atoms with Crippen molar-refractivity contribution >= 4 is 17.2 Å². The molecule has 1 heterocycles. The maximum atomic E-state index is 12.5. The van der Waals surface area contributed by atoms with E-state index in [4.69, 9.17) is 4.74 Å². The van der Waals surface area contributed by atoms with Crippen LogP contribution in [0.25, 0.3) is 10.6 Å². The van der Waals surface area contributed by atoms with Crippen molar-refractivity contribution in [1.82, 2.24) is 9.88 Å². The molecular weight excluding hydrogens is 360 g/mol. The first-order chi connectivity index (χ1) is 13.1. The second-order valence-corrected chi connectivity index (χ2v) is 7.11. The number of thiazole rings is 1. The van der Waals surface area contributed by atoms with Gasteiger partial charge < -0.3 is 14.7 Å². The Kier molecular flexibility index (Phi) is 6.21. The van der Waals surface area contributed by atoms with Crippen LogP contribution in [0, 0.1) is 0 Å². The Morgan fingerprint density at radius 3 is 2.56 bits per heavy atom. The van der Waals surface area contributed by atoms with E-state index in [9.17, 15) is 9.90 Å². The molecule has 6 heteroatoms. The molecule has 1 unspecified atom stereocenters. The molecule has 0 saturated carbocycles. The first-order valence-corrected chi connectivity index (χ1v) is 9.50. The molecule has 5 nitrogen and oxygen atoms in total. The summed E-state index contributed by atoms with van der Waals surface area (Å²) < 4.78 is 5.12. The molecule has 0 radical (unpaired) electrons. The second kappa shape index (κ2) is 8.79. The van der Waals surface area contributed by atoms with Crippen molar-refractivity contribution in [1.29, 1.82) is 0 Å². The molecular formula is C21H22N2O3S. The van der Waals surface area contributed by atoms with Gasteiger partial charge in [0.25, 0.3) is 0 Å². The van der Waals surface area contributed by atoms with E-state index < -0.39 is 6.10 Å². The summed E-state index contributed by atoms with van der Waals surface area (Å²) in [5, 5.41) is 13.2. The van der Waals surface area contributed by atoms with E-state index in [1.807, 2.05) is 35.7 Å². The fourth-order valence-electron chi connectivity index (χ4n) is 2.68. The number of amides is 1. The quantitative estimate of drug-likeness (QED) is 0.679. The van der Waals surface area contributed by atoms with Crippen LogP contribution >= 0.6 is 11.3 Å². The van der Waals surface area contributed by atoms with Crippen LogP contribution in [0.4, 0.5) is 0 Å². The molecule has 0 spiro atoms. The molecule has 1 N–H and O–H groups in total. The highest BCUT2D eigenvalue weighted by molar-refractivity contribution is 7.13. The van der Waals surface area contributed by atoms with Crippen LogP contribution in [-0.2, 0) is 11.2 Å². The lowest BCUT2D eigenvalue weighted by atomic mass is 10.1. The van der Waals surface area contributed by atoms with Crippen LogP contribution in [0.3, 0.4) is 0 Å². The Labute approximate surface area is 162 Å². The maximum absolute atomic E-state index is 12.5. The highest BCUT2D eigenvalue weighted by Gasteiger charge is 2.17. The molecule has 3 aromatic rings. The molecule has 27 heavy (non-hydrogen) atoms. The fraction of sp³-hybridized carbons (Fsp3) is 0.238. The van der Waals surface area contributed by atoms with Crippen LogP contribution < -0.4 is 4.74 Å². The molecule has 140 valence electrons. The summed E-state index contributed by atoms with van der Waals surface area (Å²) in [6.07, 6.45) is -0.532. The molecule has 1 amide bonds. The lowest BCUT2D eigenvalue weighted by molar-refractivity contribution is -0.130. The number of aliphatic hydroxyl groups is 1. The Bertz CT molecular complexity index is 878. The first-order valence-electron chi connectivity index (χ1n) is 8.62. The van der Waals surface area contributed by atoms with Gasteiger partial charge in [-0.05, 0) is 17.7 Å². The lowest BCUT2D eigenvalue weighted by Crippen LogP contribution is -2.32. The predicted octanol–water partition coefficient (Wildman–Crippen LogP) is 3.55. The minimum Gasteiger partial charge on any atom is -0.497 e. The molecule has 0 saturated heterocycles.